The number of amides is 3. The van der Waals surface area contributed by atoms with Crippen LogP contribution in [0.4, 0.5) is 18.6 Å². The highest BCUT2D eigenvalue weighted by Crippen LogP contribution is 2.31. The summed E-state index contributed by atoms with van der Waals surface area (Å²) in [6, 6.07) is 1.36. The first kappa shape index (κ1) is 28.0. The van der Waals surface area contributed by atoms with Crippen molar-refractivity contribution in [1.82, 2.24) is 19.5 Å². The number of carbonyl (C=O) groups is 2. The molecule has 0 bridgehead atoms. The van der Waals surface area contributed by atoms with E-state index in [9.17, 15) is 18.4 Å². The molecule has 14 heteroatoms. The van der Waals surface area contributed by atoms with E-state index in [1.807, 2.05) is 0 Å². The fourth-order valence-electron chi connectivity index (χ4n) is 3.25. The number of likely N-dealkylation sites (N-methyl/N-ethyl adjacent to an activating group) is 1. The Morgan fingerprint density at radius 1 is 1.24 bits per heavy atom. The second kappa shape index (κ2) is 13.0. The molecule has 3 amide bonds. The molecule has 3 rings (SSSR count). The third-order valence-electron chi connectivity index (χ3n) is 5.13. The Balaban J connectivity index is 0.00000408. The Hall–Kier alpha value is -2.25. The van der Waals surface area contributed by atoms with Crippen LogP contribution < -0.4 is 21.1 Å². The van der Waals surface area contributed by atoms with E-state index in [-0.39, 0.29) is 39.4 Å². The zero-order chi connectivity index (χ0) is 24.0. The summed E-state index contributed by atoms with van der Waals surface area (Å²) in [7, 11) is 2.09. The second-order valence-electron chi connectivity index (χ2n) is 7.57. The number of rotatable bonds is 9. The summed E-state index contributed by atoms with van der Waals surface area (Å²) in [5.41, 5.74) is 4.84. The fourth-order valence-corrected chi connectivity index (χ4v) is 4.18. The largest absolute Gasteiger partial charge is 0.471 e. The minimum Gasteiger partial charge on any atom is -0.471 e. The highest BCUT2D eigenvalue weighted by molar-refractivity contribution is 7.11. The zero-order valence-electron chi connectivity index (χ0n) is 18.4. The van der Waals surface area contributed by atoms with Gasteiger partial charge in [0, 0.05) is 37.7 Å². The predicted octanol–water partition coefficient (Wildman–Crippen LogP) is 2.93. The zero-order valence-corrected chi connectivity index (χ0v) is 20.8. The number of piperazine rings is 1. The summed E-state index contributed by atoms with van der Waals surface area (Å²) in [5, 5.41) is 5.22. The molecule has 0 aliphatic carbocycles. The average molecular weight is 539 g/mol. The minimum absolute atomic E-state index is 0. The lowest BCUT2D eigenvalue weighted by molar-refractivity contribution is 0.0996. The molecule has 1 saturated heterocycles. The van der Waals surface area contributed by atoms with Gasteiger partial charge < -0.3 is 25.6 Å². The van der Waals surface area contributed by atoms with Crippen molar-refractivity contribution in [3.05, 3.63) is 39.9 Å². The number of nitrogens with zero attached hydrogens (tertiary/aromatic N) is 3. The molecule has 0 spiro atoms. The SMILES string of the molecule is CN1CCN(CCCNC(=O)Nc2snc(OCc3c(F)cc(Cl)cc3F)c2C(N)=O)CC1.Cl. The van der Waals surface area contributed by atoms with Gasteiger partial charge in [0.25, 0.3) is 5.91 Å². The first-order valence-corrected chi connectivity index (χ1v) is 11.4. The van der Waals surface area contributed by atoms with E-state index in [2.05, 4.69) is 31.9 Å². The number of primary amides is 1. The molecule has 0 unspecified atom stereocenters. The molecule has 0 saturated carbocycles. The van der Waals surface area contributed by atoms with E-state index >= 15 is 0 Å². The van der Waals surface area contributed by atoms with Crippen molar-refractivity contribution in [3.8, 4) is 5.88 Å². The van der Waals surface area contributed by atoms with Crippen LogP contribution in [0.5, 0.6) is 5.88 Å². The van der Waals surface area contributed by atoms with Gasteiger partial charge >= 0.3 is 6.03 Å². The van der Waals surface area contributed by atoms with E-state index in [0.717, 1.165) is 62.8 Å². The molecular weight excluding hydrogens is 513 g/mol. The van der Waals surface area contributed by atoms with Crippen molar-refractivity contribution in [2.45, 2.75) is 13.0 Å². The summed E-state index contributed by atoms with van der Waals surface area (Å²) in [6.45, 7) is 4.82. The maximum Gasteiger partial charge on any atom is 0.319 e. The van der Waals surface area contributed by atoms with Crippen molar-refractivity contribution >= 4 is 52.5 Å². The highest BCUT2D eigenvalue weighted by atomic mass is 35.5. The Kier molecular flexibility index (Phi) is 10.7. The lowest BCUT2D eigenvalue weighted by Crippen LogP contribution is -2.45. The number of ether oxygens (including phenoxy) is 1. The number of anilines is 1. The van der Waals surface area contributed by atoms with Gasteiger partial charge in [-0.25, -0.2) is 13.6 Å². The van der Waals surface area contributed by atoms with Gasteiger partial charge in [0.05, 0.1) is 5.56 Å². The molecule has 9 nitrogen and oxygen atoms in total. The van der Waals surface area contributed by atoms with Crippen molar-refractivity contribution in [1.29, 1.82) is 0 Å². The topological polar surface area (TPSA) is 113 Å². The molecule has 2 heterocycles. The van der Waals surface area contributed by atoms with Crippen molar-refractivity contribution < 1.29 is 23.1 Å². The van der Waals surface area contributed by atoms with Gasteiger partial charge in [-0.2, -0.15) is 4.37 Å². The van der Waals surface area contributed by atoms with Crippen LogP contribution in [0.1, 0.15) is 22.3 Å². The Morgan fingerprint density at radius 3 is 2.50 bits per heavy atom. The van der Waals surface area contributed by atoms with Gasteiger partial charge in [-0.15, -0.1) is 12.4 Å². The summed E-state index contributed by atoms with van der Waals surface area (Å²) in [6.07, 6.45) is 0.773. The predicted molar refractivity (Wildman–Crippen MR) is 129 cm³/mol. The van der Waals surface area contributed by atoms with Crippen LogP contribution in [-0.4, -0.2) is 72.4 Å². The van der Waals surface area contributed by atoms with Crippen LogP contribution in [0.25, 0.3) is 0 Å². The van der Waals surface area contributed by atoms with E-state index in [4.69, 9.17) is 22.1 Å². The van der Waals surface area contributed by atoms with Gasteiger partial charge in [0.1, 0.15) is 28.8 Å². The second-order valence-corrected chi connectivity index (χ2v) is 8.78. The standard InChI is InChI=1S/C20H25ClF2N6O3S.ClH/c1-28-5-7-29(8-6-28)4-2-3-25-20(31)26-19-16(17(24)30)18(27-33-19)32-11-13-14(22)9-12(21)10-15(13)23;/h9-10H,2-8,11H2,1H3,(H2,24,30)(H2,25,26,31);1H. The lowest BCUT2D eigenvalue weighted by Gasteiger charge is -2.32. The average Bonchev–Trinajstić information content (AvgIpc) is 3.14. The van der Waals surface area contributed by atoms with Crippen LogP contribution in [0.3, 0.4) is 0 Å². The number of hydrogen-bond donors (Lipinski definition) is 3. The number of nitrogens with two attached hydrogens (primary N) is 1. The molecule has 0 atom stereocenters. The van der Waals surface area contributed by atoms with E-state index in [1.165, 1.54) is 0 Å². The number of carbonyl (C=O) groups excluding carboxylic acids is 2. The van der Waals surface area contributed by atoms with Gasteiger partial charge in [-0.3, -0.25) is 10.1 Å². The Bertz CT molecular complexity index is 982. The maximum absolute atomic E-state index is 13.9. The van der Waals surface area contributed by atoms with E-state index < -0.39 is 30.2 Å². The first-order chi connectivity index (χ1) is 15.7. The van der Waals surface area contributed by atoms with Crippen LogP contribution in [0.2, 0.25) is 5.02 Å². The molecule has 1 aromatic heterocycles. The van der Waals surface area contributed by atoms with Crippen LogP contribution in [0, 0.1) is 11.6 Å². The number of halogens is 4. The van der Waals surface area contributed by atoms with Crippen molar-refractivity contribution in [2.24, 2.45) is 5.73 Å². The third-order valence-corrected chi connectivity index (χ3v) is 6.09. The highest BCUT2D eigenvalue weighted by Gasteiger charge is 2.23. The smallest absolute Gasteiger partial charge is 0.319 e. The van der Waals surface area contributed by atoms with Gasteiger partial charge in [0.15, 0.2) is 0 Å². The molecule has 1 aliphatic rings. The van der Waals surface area contributed by atoms with Crippen molar-refractivity contribution in [3.63, 3.8) is 0 Å². The quantitative estimate of drug-likeness (QED) is 0.423. The molecule has 0 radical (unpaired) electrons. The molecule has 1 fully saturated rings. The Morgan fingerprint density at radius 2 is 1.88 bits per heavy atom. The number of aromatic nitrogens is 1. The Labute approximate surface area is 211 Å². The van der Waals surface area contributed by atoms with Crippen LogP contribution >= 0.6 is 35.5 Å². The van der Waals surface area contributed by atoms with Gasteiger partial charge in [-0.05, 0) is 43.7 Å². The normalized spacial score (nSPS) is 14.4. The van der Waals surface area contributed by atoms with Crippen LogP contribution in [0.15, 0.2) is 12.1 Å². The van der Waals surface area contributed by atoms with Gasteiger partial charge in [0.2, 0.25) is 5.88 Å². The molecule has 34 heavy (non-hydrogen) atoms. The molecule has 4 N–H and O–H groups in total. The van der Waals surface area contributed by atoms with Gasteiger partial charge in [-0.1, -0.05) is 11.6 Å². The summed E-state index contributed by atoms with van der Waals surface area (Å²) in [5.74, 6) is -2.93. The summed E-state index contributed by atoms with van der Waals surface area (Å²) < 4.78 is 37.2. The minimum atomic E-state index is -0.902. The molecule has 188 valence electrons. The summed E-state index contributed by atoms with van der Waals surface area (Å²) in [4.78, 5) is 28.7. The number of benzene rings is 1. The number of urea groups is 1. The van der Waals surface area contributed by atoms with Crippen LogP contribution in [-0.2, 0) is 6.61 Å². The van der Waals surface area contributed by atoms with E-state index in [0.29, 0.717) is 6.54 Å². The molecule has 1 aromatic carbocycles. The fraction of sp³-hybridized carbons (Fsp3) is 0.450. The first-order valence-electron chi connectivity index (χ1n) is 10.3. The number of nitrogens with one attached hydrogen (secondary N) is 2. The summed E-state index contributed by atoms with van der Waals surface area (Å²) >= 11 is 6.38. The molecule has 1 aliphatic heterocycles. The van der Waals surface area contributed by atoms with E-state index in [1.54, 1.807) is 0 Å². The van der Waals surface area contributed by atoms with Crippen molar-refractivity contribution in [2.75, 3.05) is 51.6 Å². The number of hydrogen-bond acceptors (Lipinski definition) is 7. The third kappa shape index (κ3) is 7.64. The lowest BCUT2D eigenvalue weighted by atomic mass is 10.2. The maximum atomic E-state index is 13.9. The molecular formula is C20H26Cl2F2N6O3S. The molecule has 2 aromatic rings. The monoisotopic (exact) mass is 538 g/mol.